The molecule has 174 valence electrons. The van der Waals surface area contributed by atoms with Gasteiger partial charge in [-0.2, -0.15) is 0 Å². The minimum absolute atomic E-state index is 0.112. The summed E-state index contributed by atoms with van der Waals surface area (Å²) in [5.41, 5.74) is 2.83. The SMILES string of the molecule is CC[C@H](C(=O)NCC(C)C)N(Cc1c(Cl)cccc1Cl)C(=O)COc1ccc(C)c(C)c1. The summed E-state index contributed by atoms with van der Waals surface area (Å²) >= 11 is 12.7. The number of ether oxygens (including phenoxy) is 1. The number of halogens is 2. The number of carbonyl (C=O) groups excluding carboxylic acids is 2. The molecule has 2 amide bonds. The molecule has 0 aliphatic heterocycles. The molecule has 32 heavy (non-hydrogen) atoms. The third-order valence-corrected chi connectivity index (χ3v) is 6.01. The summed E-state index contributed by atoms with van der Waals surface area (Å²) in [5, 5.41) is 3.83. The number of hydrogen-bond donors (Lipinski definition) is 1. The van der Waals surface area contributed by atoms with Gasteiger partial charge in [-0.05, 0) is 61.6 Å². The lowest BCUT2D eigenvalue weighted by Crippen LogP contribution is -2.50. The van der Waals surface area contributed by atoms with E-state index in [0.29, 0.717) is 40.2 Å². The highest BCUT2D eigenvalue weighted by Crippen LogP contribution is 2.27. The van der Waals surface area contributed by atoms with Gasteiger partial charge in [-0.3, -0.25) is 9.59 Å². The first kappa shape index (κ1) is 26.0. The van der Waals surface area contributed by atoms with E-state index < -0.39 is 6.04 Å². The Morgan fingerprint density at radius 3 is 2.28 bits per heavy atom. The Labute approximate surface area is 201 Å². The van der Waals surface area contributed by atoms with E-state index in [9.17, 15) is 9.59 Å². The smallest absolute Gasteiger partial charge is 0.261 e. The number of hydrogen-bond acceptors (Lipinski definition) is 3. The molecule has 1 N–H and O–H groups in total. The first-order valence-corrected chi connectivity index (χ1v) is 11.6. The summed E-state index contributed by atoms with van der Waals surface area (Å²) in [6.07, 6.45) is 0.446. The summed E-state index contributed by atoms with van der Waals surface area (Å²) < 4.78 is 5.77. The fourth-order valence-corrected chi connectivity index (χ4v) is 3.74. The van der Waals surface area contributed by atoms with Crippen LogP contribution in [0, 0.1) is 19.8 Å². The molecule has 0 aliphatic carbocycles. The minimum Gasteiger partial charge on any atom is -0.484 e. The number of aryl methyl sites for hydroxylation is 2. The molecule has 0 spiro atoms. The van der Waals surface area contributed by atoms with Crippen LogP contribution in [0.2, 0.25) is 10.0 Å². The zero-order chi connectivity index (χ0) is 23.8. The number of nitrogens with zero attached hydrogens (tertiary/aromatic N) is 1. The van der Waals surface area contributed by atoms with Crippen LogP contribution in [0.3, 0.4) is 0 Å². The average Bonchev–Trinajstić information content (AvgIpc) is 2.74. The molecule has 0 heterocycles. The van der Waals surface area contributed by atoms with Gasteiger partial charge in [-0.1, -0.05) is 56.1 Å². The fourth-order valence-electron chi connectivity index (χ4n) is 3.23. The Bertz CT molecular complexity index is 927. The third kappa shape index (κ3) is 7.14. The van der Waals surface area contributed by atoms with Gasteiger partial charge in [0.25, 0.3) is 5.91 Å². The maximum Gasteiger partial charge on any atom is 0.261 e. The monoisotopic (exact) mass is 478 g/mol. The second-order valence-corrected chi connectivity index (χ2v) is 9.13. The maximum atomic E-state index is 13.3. The number of amides is 2. The van der Waals surface area contributed by atoms with E-state index in [1.807, 2.05) is 52.8 Å². The van der Waals surface area contributed by atoms with Gasteiger partial charge in [0, 0.05) is 28.7 Å². The number of carbonyl (C=O) groups is 2. The Balaban J connectivity index is 2.27. The first-order valence-electron chi connectivity index (χ1n) is 10.8. The molecule has 5 nitrogen and oxygen atoms in total. The van der Waals surface area contributed by atoms with Crippen molar-refractivity contribution in [1.82, 2.24) is 10.2 Å². The largest absolute Gasteiger partial charge is 0.484 e. The van der Waals surface area contributed by atoms with Crippen molar-refractivity contribution in [2.45, 2.75) is 53.6 Å². The van der Waals surface area contributed by atoms with E-state index in [2.05, 4.69) is 5.32 Å². The summed E-state index contributed by atoms with van der Waals surface area (Å²) in [6, 6.07) is 10.2. The standard InChI is InChI=1S/C25H32Cl2N2O3/c1-6-23(25(31)28-13-16(2)3)29(14-20-21(26)8-7-9-22(20)27)24(30)15-32-19-11-10-17(4)18(5)12-19/h7-12,16,23H,6,13-15H2,1-5H3,(H,28,31)/t23-/m1/s1. The van der Waals surface area contributed by atoms with Gasteiger partial charge in [0.15, 0.2) is 6.61 Å². The Hall–Kier alpha value is -2.24. The van der Waals surface area contributed by atoms with Crippen molar-refractivity contribution in [3.05, 3.63) is 63.1 Å². The molecule has 0 fully saturated rings. The van der Waals surface area contributed by atoms with Crippen molar-refractivity contribution in [2.24, 2.45) is 5.92 Å². The van der Waals surface area contributed by atoms with Crippen LogP contribution in [0.1, 0.15) is 43.9 Å². The molecule has 2 rings (SSSR count). The van der Waals surface area contributed by atoms with Crippen LogP contribution in [0.15, 0.2) is 36.4 Å². The molecule has 0 saturated carbocycles. The van der Waals surface area contributed by atoms with Crippen molar-refractivity contribution in [3.8, 4) is 5.75 Å². The van der Waals surface area contributed by atoms with Crippen LogP contribution >= 0.6 is 23.2 Å². The molecule has 2 aromatic carbocycles. The van der Waals surface area contributed by atoms with Gasteiger partial charge in [-0.25, -0.2) is 0 Å². The highest BCUT2D eigenvalue weighted by atomic mass is 35.5. The summed E-state index contributed by atoms with van der Waals surface area (Å²) in [7, 11) is 0. The summed E-state index contributed by atoms with van der Waals surface area (Å²) in [6.45, 7) is 10.4. The zero-order valence-electron chi connectivity index (χ0n) is 19.4. The van der Waals surface area contributed by atoms with Crippen LogP contribution in [0.25, 0.3) is 0 Å². The fraction of sp³-hybridized carbons (Fsp3) is 0.440. The van der Waals surface area contributed by atoms with Gasteiger partial charge >= 0.3 is 0 Å². The molecule has 7 heteroatoms. The predicted octanol–water partition coefficient (Wildman–Crippen LogP) is 5.57. The highest BCUT2D eigenvalue weighted by molar-refractivity contribution is 6.36. The molecule has 0 unspecified atom stereocenters. The normalized spacial score (nSPS) is 11.9. The van der Waals surface area contributed by atoms with E-state index in [1.54, 1.807) is 18.2 Å². The van der Waals surface area contributed by atoms with Gasteiger partial charge in [0.05, 0.1) is 0 Å². The molecule has 0 aliphatic rings. The number of rotatable bonds is 10. The van der Waals surface area contributed by atoms with Crippen molar-refractivity contribution >= 4 is 35.0 Å². The van der Waals surface area contributed by atoms with E-state index in [0.717, 1.165) is 11.1 Å². The second-order valence-electron chi connectivity index (χ2n) is 8.32. The predicted molar refractivity (Wildman–Crippen MR) is 130 cm³/mol. The van der Waals surface area contributed by atoms with Crippen molar-refractivity contribution < 1.29 is 14.3 Å². The van der Waals surface area contributed by atoms with Crippen LogP contribution in [-0.4, -0.2) is 35.9 Å². The van der Waals surface area contributed by atoms with Crippen LogP contribution in [0.5, 0.6) is 5.75 Å². The van der Waals surface area contributed by atoms with Crippen molar-refractivity contribution in [3.63, 3.8) is 0 Å². The Morgan fingerprint density at radius 2 is 1.72 bits per heavy atom. The number of benzene rings is 2. The van der Waals surface area contributed by atoms with E-state index in [1.165, 1.54) is 4.90 Å². The lowest BCUT2D eigenvalue weighted by Gasteiger charge is -2.31. The van der Waals surface area contributed by atoms with E-state index in [4.69, 9.17) is 27.9 Å². The molecule has 0 aromatic heterocycles. The quantitative estimate of drug-likeness (QED) is 0.485. The van der Waals surface area contributed by atoms with Gasteiger partial charge in [0.2, 0.25) is 5.91 Å². The second kappa shape index (κ2) is 12.1. The third-order valence-electron chi connectivity index (χ3n) is 5.30. The molecular formula is C25H32Cl2N2O3. The van der Waals surface area contributed by atoms with Gasteiger partial charge < -0.3 is 15.0 Å². The maximum absolute atomic E-state index is 13.3. The van der Waals surface area contributed by atoms with E-state index >= 15 is 0 Å². The number of nitrogens with one attached hydrogen (secondary N) is 1. The van der Waals surface area contributed by atoms with Crippen molar-refractivity contribution in [2.75, 3.05) is 13.2 Å². The average molecular weight is 479 g/mol. The summed E-state index contributed by atoms with van der Waals surface area (Å²) in [5.74, 6) is 0.385. The lowest BCUT2D eigenvalue weighted by molar-refractivity contribution is -0.143. The molecule has 2 aromatic rings. The lowest BCUT2D eigenvalue weighted by atomic mass is 10.1. The molecule has 0 bridgehead atoms. The van der Waals surface area contributed by atoms with Crippen LogP contribution in [0.4, 0.5) is 0 Å². The molecule has 1 atom stereocenters. The zero-order valence-corrected chi connectivity index (χ0v) is 20.9. The summed E-state index contributed by atoms with van der Waals surface area (Å²) in [4.78, 5) is 27.7. The van der Waals surface area contributed by atoms with Crippen LogP contribution in [-0.2, 0) is 16.1 Å². The van der Waals surface area contributed by atoms with Gasteiger partial charge in [0.1, 0.15) is 11.8 Å². The van der Waals surface area contributed by atoms with Crippen LogP contribution < -0.4 is 10.1 Å². The minimum atomic E-state index is -0.669. The highest BCUT2D eigenvalue weighted by Gasteiger charge is 2.30. The first-order chi connectivity index (χ1) is 15.1. The van der Waals surface area contributed by atoms with Gasteiger partial charge in [-0.15, -0.1) is 0 Å². The molecular weight excluding hydrogens is 447 g/mol. The Morgan fingerprint density at radius 1 is 1.06 bits per heavy atom. The molecule has 0 radical (unpaired) electrons. The van der Waals surface area contributed by atoms with Crippen molar-refractivity contribution in [1.29, 1.82) is 0 Å². The van der Waals surface area contributed by atoms with E-state index in [-0.39, 0.29) is 25.0 Å². The molecule has 0 saturated heterocycles. The Kier molecular flexibility index (Phi) is 9.85. The topological polar surface area (TPSA) is 58.6 Å².